The summed E-state index contributed by atoms with van der Waals surface area (Å²) in [7, 11) is -3.85. The van der Waals surface area contributed by atoms with Gasteiger partial charge >= 0.3 is 5.69 Å². The highest BCUT2D eigenvalue weighted by Gasteiger charge is 2.24. The van der Waals surface area contributed by atoms with Gasteiger partial charge in [0, 0.05) is 24.0 Å². The van der Waals surface area contributed by atoms with Gasteiger partial charge in [-0.2, -0.15) is 5.26 Å². The molecule has 0 saturated heterocycles. The van der Waals surface area contributed by atoms with Gasteiger partial charge in [0.2, 0.25) is 0 Å². The van der Waals surface area contributed by atoms with Crippen LogP contribution in [-0.2, 0) is 10.0 Å². The summed E-state index contributed by atoms with van der Waals surface area (Å²) in [6.07, 6.45) is 7.51. The maximum Gasteiger partial charge on any atom is 0.306 e. The molecule has 2 aromatic heterocycles. The van der Waals surface area contributed by atoms with Gasteiger partial charge in [0.1, 0.15) is 11.2 Å². The SMILES string of the molecule is C.N#CCC1CCC(N)CC1.O=[N+]([O-])c1cnc2c(ccn2S(=O)(=O)c2ccccc2)c1Cl. The van der Waals surface area contributed by atoms with Crippen molar-refractivity contribution in [2.24, 2.45) is 11.7 Å². The van der Waals surface area contributed by atoms with E-state index in [-0.39, 0.29) is 34.1 Å². The molecule has 176 valence electrons. The Bertz CT molecular complexity index is 1250. The number of pyridine rings is 1. The first kappa shape index (κ1) is 26.3. The predicted octanol–water partition coefficient (Wildman–Crippen LogP) is 4.89. The predicted molar refractivity (Wildman–Crippen MR) is 127 cm³/mol. The maximum absolute atomic E-state index is 12.6. The highest BCUT2D eigenvalue weighted by atomic mass is 35.5. The quantitative estimate of drug-likeness (QED) is 0.403. The van der Waals surface area contributed by atoms with E-state index in [9.17, 15) is 18.5 Å². The highest BCUT2D eigenvalue weighted by Crippen LogP contribution is 2.32. The first-order valence-corrected chi connectivity index (χ1v) is 11.8. The molecule has 1 aromatic carbocycles. The van der Waals surface area contributed by atoms with E-state index in [1.165, 1.54) is 24.4 Å². The average Bonchev–Trinajstić information content (AvgIpc) is 3.23. The summed E-state index contributed by atoms with van der Waals surface area (Å²) in [5.41, 5.74) is 5.38. The van der Waals surface area contributed by atoms with E-state index in [4.69, 9.17) is 22.6 Å². The lowest BCUT2D eigenvalue weighted by atomic mass is 9.85. The second-order valence-corrected chi connectivity index (χ2v) is 9.72. The fraction of sp³-hybridized carbons (Fsp3) is 0.364. The van der Waals surface area contributed by atoms with Crippen LogP contribution in [0, 0.1) is 27.4 Å². The molecule has 9 nitrogen and oxygen atoms in total. The number of nitriles is 1. The molecule has 0 atom stereocenters. The lowest BCUT2D eigenvalue weighted by Gasteiger charge is -2.23. The van der Waals surface area contributed by atoms with E-state index in [2.05, 4.69) is 11.1 Å². The number of nitrogens with zero attached hydrogens (tertiary/aromatic N) is 4. The van der Waals surface area contributed by atoms with E-state index >= 15 is 0 Å². The zero-order chi connectivity index (χ0) is 23.3. The second kappa shape index (κ2) is 11.2. The minimum Gasteiger partial charge on any atom is -0.328 e. The molecule has 1 saturated carbocycles. The fourth-order valence-corrected chi connectivity index (χ4v) is 5.16. The minimum atomic E-state index is -3.85. The third kappa shape index (κ3) is 5.87. The second-order valence-electron chi connectivity index (χ2n) is 7.52. The Morgan fingerprint density at radius 3 is 2.42 bits per heavy atom. The van der Waals surface area contributed by atoms with Crippen molar-refractivity contribution < 1.29 is 13.3 Å². The van der Waals surface area contributed by atoms with Crippen molar-refractivity contribution in [3.63, 3.8) is 0 Å². The molecule has 4 rings (SSSR count). The van der Waals surface area contributed by atoms with Crippen molar-refractivity contribution in [3.05, 3.63) is 63.9 Å². The Balaban J connectivity index is 0.000000297. The van der Waals surface area contributed by atoms with Gasteiger partial charge in [0.05, 0.1) is 15.9 Å². The number of nitrogens with two attached hydrogens (primary N) is 1. The third-order valence-electron chi connectivity index (χ3n) is 5.36. The van der Waals surface area contributed by atoms with Crippen molar-refractivity contribution in [1.82, 2.24) is 8.96 Å². The summed E-state index contributed by atoms with van der Waals surface area (Å²) < 4.78 is 26.1. The van der Waals surface area contributed by atoms with E-state index < -0.39 is 14.9 Å². The van der Waals surface area contributed by atoms with E-state index in [1.54, 1.807) is 18.2 Å². The zero-order valence-corrected chi connectivity index (χ0v) is 18.7. The van der Waals surface area contributed by atoms with Crippen LogP contribution in [0.3, 0.4) is 0 Å². The van der Waals surface area contributed by atoms with Gasteiger partial charge in [0.25, 0.3) is 10.0 Å². The molecular weight excluding hydrogens is 466 g/mol. The van der Waals surface area contributed by atoms with E-state index in [0.717, 1.165) is 42.3 Å². The molecule has 2 N–H and O–H groups in total. The minimum absolute atomic E-state index is 0. The smallest absolute Gasteiger partial charge is 0.306 e. The van der Waals surface area contributed by atoms with Crippen LogP contribution in [0.25, 0.3) is 11.0 Å². The molecule has 0 unspecified atom stereocenters. The Morgan fingerprint density at radius 2 is 1.85 bits per heavy atom. The molecule has 2 heterocycles. The molecule has 0 radical (unpaired) electrons. The number of rotatable bonds is 4. The topological polar surface area (TPSA) is 145 Å². The summed E-state index contributed by atoms with van der Waals surface area (Å²) in [5.74, 6) is 0.643. The van der Waals surface area contributed by atoms with Gasteiger partial charge in [-0.1, -0.05) is 37.2 Å². The van der Waals surface area contributed by atoms with Crippen molar-refractivity contribution in [2.45, 2.75) is 50.5 Å². The summed E-state index contributed by atoms with van der Waals surface area (Å²) in [4.78, 5) is 14.1. The molecule has 11 heteroatoms. The number of nitro groups is 1. The van der Waals surface area contributed by atoms with Crippen LogP contribution >= 0.6 is 11.6 Å². The van der Waals surface area contributed by atoms with Gasteiger partial charge in [-0.25, -0.2) is 17.4 Å². The molecule has 0 bridgehead atoms. The molecule has 0 amide bonds. The maximum atomic E-state index is 12.6. The number of fused-ring (bicyclic) bond motifs is 1. The number of aromatic nitrogens is 2. The summed E-state index contributed by atoms with van der Waals surface area (Å²) >= 11 is 5.96. The first-order chi connectivity index (χ1) is 15.3. The van der Waals surface area contributed by atoms with Gasteiger partial charge < -0.3 is 5.73 Å². The summed E-state index contributed by atoms with van der Waals surface area (Å²) in [6, 6.07) is 11.8. The van der Waals surface area contributed by atoms with Crippen LogP contribution in [0.4, 0.5) is 5.69 Å². The number of hydrogen-bond donors (Lipinski definition) is 1. The largest absolute Gasteiger partial charge is 0.328 e. The van der Waals surface area contributed by atoms with Crippen LogP contribution in [0.1, 0.15) is 39.5 Å². The van der Waals surface area contributed by atoms with E-state index in [0.29, 0.717) is 12.0 Å². The van der Waals surface area contributed by atoms with Crippen LogP contribution < -0.4 is 5.73 Å². The molecule has 1 aliphatic carbocycles. The number of hydrogen-bond acceptors (Lipinski definition) is 7. The van der Waals surface area contributed by atoms with Crippen LogP contribution in [0.15, 0.2) is 53.7 Å². The first-order valence-electron chi connectivity index (χ1n) is 9.98. The van der Waals surface area contributed by atoms with Crippen molar-refractivity contribution in [3.8, 4) is 6.07 Å². The van der Waals surface area contributed by atoms with Crippen LogP contribution in [0.5, 0.6) is 0 Å². The number of halogens is 1. The normalized spacial score (nSPS) is 17.8. The lowest BCUT2D eigenvalue weighted by Crippen LogP contribution is -2.26. The third-order valence-corrected chi connectivity index (χ3v) is 7.44. The zero-order valence-electron chi connectivity index (χ0n) is 17.1. The molecular formula is C22H26ClN5O4S. The van der Waals surface area contributed by atoms with Crippen molar-refractivity contribution >= 4 is 38.3 Å². The fourth-order valence-electron chi connectivity index (χ4n) is 3.57. The molecule has 0 spiro atoms. The Labute approximate surface area is 198 Å². The Morgan fingerprint density at radius 1 is 1.21 bits per heavy atom. The van der Waals surface area contributed by atoms with Gasteiger partial charge in [-0.15, -0.1) is 0 Å². The number of benzene rings is 1. The van der Waals surface area contributed by atoms with E-state index in [1.807, 2.05) is 0 Å². The highest BCUT2D eigenvalue weighted by molar-refractivity contribution is 7.90. The molecule has 1 aliphatic rings. The molecule has 0 aliphatic heterocycles. The van der Waals surface area contributed by atoms with Crippen molar-refractivity contribution in [1.29, 1.82) is 5.26 Å². The Hall–Kier alpha value is -3.00. The molecule has 3 aromatic rings. The van der Waals surface area contributed by atoms with Crippen LogP contribution in [-0.4, -0.2) is 28.3 Å². The molecule has 33 heavy (non-hydrogen) atoms. The summed E-state index contributed by atoms with van der Waals surface area (Å²) in [5, 5.41) is 19.3. The summed E-state index contributed by atoms with van der Waals surface area (Å²) in [6.45, 7) is 0. The van der Waals surface area contributed by atoms with Crippen molar-refractivity contribution in [2.75, 3.05) is 0 Å². The van der Waals surface area contributed by atoms with Gasteiger partial charge in [-0.3, -0.25) is 10.1 Å². The van der Waals surface area contributed by atoms with Gasteiger partial charge in [-0.05, 0) is 49.8 Å². The van der Waals surface area contributed by atoms with Gasteiger partial charge in [0.15, 0.2) is 5.65 Å². The monoisotopic (exact) mass is 491 g/mol. The standard InChI is InChI=1S/C13H8ClN3O4S.C8H14N2.CH4/c14-12-10-6-7-16(13(10)15-8-11(12)17(18)19)22(20,21)9-4-2-1-3-5-9;9-6-5-7-1-3-8(10)4-2-7;/h1-8H;7-8H,1-5,10H2;1H4. The Kier molecular flexibility index (Phi) is 8.93. The van der Waals surface area contributed by atoms with Crippen LogP contribution in [0.2, 0.25) is 5.02 Å². The molecule has 1 fully saturated rings. The average molecular weight is 492 g/mol. The lowest BCUT2D eigenvalue weighted by molar-refractivity contribution is -0.384.